The van der Waals surface area contributed by atoms with Crippen LogP contribution in [0, 0.1) is 11.8 Å². The molecule has 0 aliphatic heterocycles. The lowest BCUT2D eigenvalue weighted by molar-refractivity contribution is 0.0926. The summed E-state index contributed by atoms with van der Waals surface area (Å²) in [5.41, 5.74) is 7.34. The summed E-state index contributed by atoms with van der Waals surface area (Å²) in [4.78, 5) is 12.2. The maximum absolute atomic E-state index is 12.2. The first-order valence-corrected chi connectivity index (χ1v) is 7.25. The highest BCUT2D eigenvalue weighted by Gasteiger charge is 2.32. The van der Waals surface area contributed by atoms with Crippen molar-refractivity contribution in [1.29, 1.82) is 0 Å². The van der Waals surface area contributed by atoms with E-state index in [-0.39, 0.29) is 5.91 Å². The molecule has 1 aromatic rings. The Labute approximate surface area is 115 Å². The van der Waals surface area contributed by atoms with E-state index < -0.39 is 0 Å². The molecule has 1 aromatic carbocycles. The minimum absolute atomic E-state index is 0.0391. The van der Waals surface area contributed by atoms with E-state index in [2.05, 4.69) is 19.2 Å². The standard InChI is InChI=1S/C16H24N2O/c1-3-13-8-9-15(11(13)2)18-16(19)14-6-4-12(10-17)5-7-14/h4-7,11,13,15H,3,8-10,17H2,1-2H3,(H,18,19). The second-order valence-corrected chi connectivity index (χ2v) is 5.59. The Balaban J connectivity index is 1.97. The second kappa shape index (κ2) is 6.20. The fourth-order valence-corrected chi connectivity index (χ4v) is 3.07. The van der Waals surface area contributed by atoms with Crippen molar-refractivity contribution in [1.82, 2.24) is 5.32 Å². The highest BCUT2D eigenvalue weighted by molar-refractivity contribution is 5.94. The van der Waals surface area contributed by atoms with Crippen molar-refractivity contribution in [2.75, 3.05) is 0 Å². The molecule has 1 aliphatic carbocycles. The Hall–Kier alpha value is -1.35. The Morgan fingerprint density at radius 3 is 2.53 bits per heavy atom. The van der Waals surface area contributed by atoms with Crippen LogP contribution in [-0.4, -0.2) is 11.9 Å². The molecular formula is C16H24N2O. The van der Waals surface area contributed by atoms with Crippen LogP contribution in [0.4, 0.5) is 0 Å². The third-order valence-electron chi connectivity index (χ3n) is 4.52. The number of carbonyl (C=O) groups excluding carboxylic acids is 1. The number of hydrogen-bond acceptors (Lipinski definition) is 2. The third-order valence-corrected chi connectivity index (χ3v) is 4.52. The molecule has 0 bridgehead atoms. The zero-order valence-corrected chi connectivity index (χ0v) is 11.9. The number of benzene rings is 1. The van der Waals surface area contributed by atoms with Crippen LogP contribution in [0.25, 0.3) is 0 Å². The van der Waals surface area contributed by atoms with E-state index in [1.807, 2.05) is 24.3 Å². The van der Waals surface area contributed by atoms with E-state index in [4.69, 9.17) is 5.73 Å². The molecule has 3 atom stereocenters. The SMILES string of the molecule is CCC1CCC(NC(=O)c2ccc(CN)cc2)C1C. The van der Waals surface area contributed by atoms with Gasteiger partial charge in [-0.2, -0.15) is 0 Å². The van der Waals surface area contributed by atoms with Crippen molar-refractivity contribution in [3.8, 4) is 0 Å². The first-order chi connectivity index (χ1) is 9.15. The van der Waals surface area contributed by atoms with E-state index in [9.17, 15) is 4.79 Å². The topological polar surface area (TPSA) is 55.1 Å². The van der Waals surface area contributed by atoms with Gasteiger partial charge >= 0.3 is 0 Å². The third kappa shape index (κ3) is 3.16. The fraction of sp³-hybridized carbons (Fsp3) is 0.562. The highest BCUT2D eigenvalue weighted by atomic mass is 16.1. The second-order valence-electron chi connectivity index (χ2n) is 5.59. The van der Waals surface area contributed by atoms with Gasteiger partial charge in [0, 0.05) is 18.2 Å². The van der Waals surface area contributed by atoms with Crippen molar-refractivity contribution < 1.29 is 4.79 Å². The molecule has 0 spiro atoms. The smallest absolute Gasteiger partial charge is 0.251 e. The highest BCUT2D eigenvalue weighted by Crippen LogP contribution is 2.33. The number of nitrogens with one attached hydrogen (secondary N) is 1. The van der Waals surface area contributed by atoms with Crippen LogP contribution in [0.5, 0.6) is 0 Å². The Morgan fingerprint density at radius 2 is 2.00 bits per heavy atom. The van der Waals surface area contributed by atoms with Gasteiger partial charge in [-0.05, 0) is 42.4 Å². The van der Waals surface area contributed by atoms with Crippen molar-refractivity contribution >= 4 is 5.91 Å². The quantitative estimate of drug-likeness (QED) is 0.874. The molecule has 0 radical (unpaired) electrons. The maximum Gasteiger partial charge on any atom is 0.251 e. The van der Waals surface area contributed by atoms with Crippen LogP contribution in [0.3, 0.4) is 0 Å². The fourth-order valence-electron chi connectivity index (χ4n) is 3.07. The summed E-state index contributed by atoms with van der Waals surface area (Å²) in [6, 6.07) is 7.87. The van der Waals surface area contributed by atoms with Crippen molar-refractivity contribution in [3.05, 3.63) is 35.4 Å². The first kappa shape index (κ1) is 14.1. The van der Waals surface area contributed by atoms with Gasteiger partial charge in [-0.15, -0.1) is 0 Å². The van der Waals surface area contributed by atoms with Gasteiger partial charge in [-0.1, -0.05) is 32.4 Å². The zero-order chi connectivity index (χ0) is 13.8. The maximum atomic E-state index is 12.2. The van der Waals surface area contributed by atoms with Crippen molar-refractivity contribution in [2.24, 2.45) is 17.6 Å². The zero-order valence-electron chi connectivity index (χ0n) is 11.9. The van der Waals surface area contributed by atoms with Crippen LogP contribution in [-0.2, 0) is 6.54 Å². The van der Waals surface area contributed by atoms with Crippen LogP contribution < -0.4 is 11.1 Å². The summed E-state index contributed by atoms with van der Waals surface area (Å²) < 4.78 is 0. The van der Waals surface area contributed by atoms with Gasteiger partial charge < -0.3 is 11.1 Å². The molecule has 19 heavy (non-hydrogen) atoms. The largest absolute Gasteiger partial charge is 0.349 e. The van der Waals surface area contributed by atoms with Gasteiger partial charge in [-0.3, -0.25) is 4.79 Å². The number of nitrogens with two attached hydrogens (primary N) is 1. The van der Waals surface area contributed by atoms with Gasteiger partial charge in [0.25, 0.3) is 5.91 Å². The monoisotopic (exact) mass is 260 g/mol. The Kier molecular flexibility index (Phi) is 4.59. The lowest BCUT2D eigenvalue weighted by Crippen LogP contribution is -2.37. The molecule has 2 rings (SSSR count). The summed E-state index contributed by atoms with van der Waals surface area (Å²) in [6.07, 6.45) is 3.54. The van der Waals surface area contributed by atoms with Gasteiger partial charge in [0.1, 0.15) is 0 Å². The first-order valence-electron chi connectivity index (χ1n) is 7.25. The summed E-state index contributed by atoms with van der Waals surface area (Å²) >= 11 is 0. The Morgan fingerprint density at radius 1 is 1.32 bits per heavy atom. The normalized spacial score (nSPS) is 26.4. The van der Waals surface area contributed by atoms with Gasteiger partial charge in [-0.25, -0.2) is 0 Å². The van der Waals surface area contributed by atoms with Gasteiger partial charge in [0.05, 0.1) is 0 Å². The van der Waals surface area contributed by atoms with Crippen LogP contribution >= 0.6 is 0 Å². The minimum Gasteiger partial charge on any atom is -0.349 e. The molecule has 3 unspecified atom stereocenters. The predicted octanol–water partition coefficient (Wildman–Crippen LogP) is 2.70. The summed E-state index contributed by atoms with van der Waals surface area (Å²) in [7, 11) is 0. The van der Waals surface area contributed by atoms with E-state index in [0.717, 1.165) is 23.5 Å². The molecule has 0 saturated heterocycles. The van der Waals surface area contributed by atoms with Crippen LogP contribution in [0.1, 0.15) is 49.0 Å². The molecule has 1 saturated carbocycles. The van der Waals surface area contributed by atoms with Gasteiger partial charge in [0.2, 0.25) is 0 Å². The summed E-state index contributed by atoms with van der Waals surface area (Å²) in [5, 5.41) is 3.18. The summed E-state index contributed by atoms with van der Waals surface area (Å²) in [6.45, 7) is 5.00. The van der Waals surface area contributed by atoms with E-state index in [1.54, 1.807) is 0 Å². The number of amides is 1. The van der Waals surface area contributed by atoms with Crippen LogP contribution in [0.15, 0.2) is 24.3 Å². The number of carbonyl (C=O) groups is 1. The van der Waals surface area contributed by atoms with E-state index in [1.165, 1.54) is 12.8 Å². The Bertz CT molecular complexity index is 427. The molecular weight excluding hydrogens is 236 g/mol. The minimum atomic E-state index is 0.0391. The van der Waals surface area contributed by atoms with Crippen molar-refractivity contribution in [3.63, 3.8) is 0 Å². The van der Waals surface area contributed by atoms with Gasteiger partial charge in [0.15, 0.2) is 0 Å². The average molecular weight is 260 g/mol. The number of hydrogen-bond donors (Lipinski definition) is 2. The molecule has 104 valence electrons. The predicted molar refractivity (Wildman–Crippen MR) is 77.8 cm³/mol. The molecule has 1 fully saturated rings. The average Bonchev–Trinajstić information content (AvgIpc) is 2.79. The molecule has 1 amide bonds. The molecule has 3 N–H and O–H groups in total. The lowest BCUT2D eigenvalue weighted by atomic mass is 9.93. The lowest BCUT2D eigenvalue weighted by Gasteiger charge is -2.21. The number of rotatable bonds is 4. The molecule has 3 heteroatoms. The van der Waals surface area contributed by atoms with Crippen LogP contribution in [0.2, 0.25) is 0 Å². The van der Waals surface area contributed by atoms with E-state index >= 15 is 0 Å². The van der Waals surface area contributed by atoms with Crippen molar-refractivity contribution in [2.45, 2.75) is 45.7 Å². The summed E-state index contributed by atoms with van der Waals surface area (Å²) in [5.74, 6) is 1.37. The molecule has 0 heterocycles. The molecule has 3 nitrogen and oxygen atoms in total. The van der Waals surface area contributed by atoms with E-state index in [0.29, 0.717) is 18.5 Å². The molecule has 0 aromatic heterocycles. The molecule has 1 aliphatic rings.